The molecule has 108 valence electrons. The van der Waals surface area contributed by atoms with Gasteiger partial charge in [0, 0.05) is 6.07 Å². The van der Waals surface area contributed by atoms with Crippen molar-refractivity contribution in [3.8, 4) is 11.5 Å². The van der Waals surface area contributed by atoms with E-state index in [2.05, 4.69) is 0 Å². The van der Waals surface area contributed by atoms with E-state index in [-0.39, 0.29) is 17.1 Å². The SMILES string of the molecule is CC(=O)c1cc(F)ccc1Oc1ccc([N+](=O)[O-])cc1F. The van der Waals surface area contributed by atoms with Gasteiger partial charge >= 0.3 is 0 Å². The van der Waals surface area contributed by atoms with Crippen molar-refractivity contribution in [2.24, 2.45) is 0 Å². The quantitative estimate of drug-likeness (QED) is 0.487. The minimum absolute atomic E-state index is 0.0309. The Labute approximate surface area is 117 Å². The summed E-state index contributed by atoms with van der Waals surface area (Å²) in [6.45, 7) is 1.22. The number of halogens is 2. The van der Waals surface area contributed by atoms with Crippen molar-refractivity contribution in [2.75, 3.05) is 0 Å². The molecule has 0 bridgehead atoms. The summed E-state index contributed by atoms with van der Waals surface area (Å²) in [4.78, 5) is 21.2. The second kappa shape index (κ2) is 5.66. The smallest absolute Gasteiger partial charge is 0.272 e. The second-order valence-corrected chi connectivity index (χ2v) is 4.17. The van der Waals surface area contributed by atoms with Crippen molar-refractivity contribution in [1.82, 2.24) is 0 Å². The highest BCUT2D eigenvalue weighted by Gasteiger charge is 2.15. The van der Waals surface area contributed by atoms with Crippen molar-refractivity contribution in [1.29, 1.82) is 0 Å². The fourth-order valence-electron chi connectivity index (χ4n) is 1.67. The zero-order valence-corrected chi connectivity index (χ0v) is 10.8. The van der Waals surface area contributed by atoms with Crippen LogP contribution >= 0.6 is 0 Å². The molecular weight excluding hydrogens is 284 g/mol. The van der Waals surface area contributed by atoms with Crippen molar-refractivity contribution in [2.45, 2.75) is 6.92 Å². The molecule has 21 heavy (non-hydrogen) atoms. The fraction of sp³-hybridized carbons (Fsp3) is 0.0714. The third-order valence-electron chi connectivity index (χ3n) is 2.67. The van der Waals surface area contributed by atoms with E-state index in [1.807, 2.05) is 0 Å². The maximum Gasteiger partial charge on any atom is 0.272 e. The minimum atomic E-state index is -0.956. The number of hydrogen-bond acceptors (Lipinski definition) is 4. The maximum atomic E-state index is 13.7. The van der Waals surface area contributed by atoms with E-state index in [4.69, 9.17) is 4.74 Å². The first kappa shape index (κ1) is 14.6. The first-order valence-corrected chi connectivity index (χ1v) is 5.81. The van der Waals surface area contributed by atoms with Crippen LogP contribution in [0, 0.1) is 21.7 Å². The summed E-state index contributed by atoms with van der Waals surface area (Å²) in [5.41, 5.74) is -0.474. The monoisotopic (exact) mass is 293 g/mol. The van der Waals surface area contributed by atoms with E-state index in [1.165, 1.54) is 13.0 Å². The highest BCUT2D eigenvalue weighted by Crippen LogP contribution is 2.30. The number of carbonyl (C=O) groups excluding carboxylic acids is 1. The standard InChI is InChI=1S/C14H9F2NO4/c1-8(18)11-6-9(15)2-4-13(11)21-14-5-3-10(17(19)20)7-12(14)16/h2-7H,1H3. The topological polar surface area (TPSA) is 69.4 Å². The van der Waals surface area contributed by atoms with E-state index >= 15 is 0 Å². The van der Waals surface area contributed by atoms with Crippen LogP contribution in [0.2, 0.25) is 0 Å². The Morgan fingerprint density at radius 3 is 2.38 bits per heavy atom. The molecule has 0 atom stereocenters. The number of nitro groups is 1. The van der Waals surface area contributed by atoms with Gasteiger partial charge < -0.3 is 4.74 Å². The van der Waals surface area contributed by atoms with Gasteiger partial charge in [0.05, 0.1) is 16.6 Å². The third kappa shape index (κ3) is 3.19. The molecule has 0 aliphatic rings. The lowest BCUT2D eigenvalue weighted by atomic mass is 10.1. The van der Waals surface area contributed by atoms with Crippen LogP contribution in [0.4, 0.5) is 14.5 Å². The number of hydrogen-bond donors (Lipinski definition) is 0. The Hall–Kier alpha value is -2.83. The second-order valence-electron chi connectivity index (χ2n) is 4.17. The average molecular weight is 293 g/mol. The largest absolute Gasteiger partial charge is 0.454 e. The molecule has 2 rings (SSSR count). The van der Waals surface area contributed by atoms with Gasteiger partial charge in [-0.15, -0.1) is 0 Å². The lowest BCUT2D eigenvalue weighted by Crippen LogP contribution is -1.99. The molecule has 0 aromatic heterocycles. The summed E-state index contributed by atoms with van der Waals surface area (Å²) < 4.78 is 32.0. The molecule has 0 spiro atoms. The van der Waals surface area contributed by atoms with Gasteiger partial charge in [-0.05, 0) is 31.2 Å². The summed E-state index contributed by atoms with van der Waals surface area (Å²) in [6, 6.07) is 6.06. The van der Waals surface area contributed by atoms with Gasteiger partial charge in [0.15, 0.2) is 17.3 Å². The van der Waals surface area contributed by atoms with E-state index in [1.54, 1.807) is 0 Å². The molecule has 2 aromatic rings. The molecule has 0 amide bonds. The normalized spacial score (nSPS) is 10.2. The van der Waals surface area contributed by atoms with E-state index in [9.17, 15) is 23.7 Å². The Balaban J connectivity index is 2.39. The molecule has 0 N–H and O–H groups in total. The molecular formula is C14H9F2NO4. The van der Waals surface area contributed by atoms with Crippen LogP contribution in [0.1, 0.15) is 17.3 Å². The summed E-state index contributed by atoms with van der Waals surface area (Å²) in [5, 5.41) is 10.5. The number of nitrogens with zero attached hydrogens (tertiary/aromatic N) is 1. The highest BCUT2D eigenvalue weighted by molar-refractivity contribution is 5.96. The molecule has 5 nitrogen and oxygen atoms in total. The number of ether oxygens (including phenoxy) is 1. The number of rotatable bonds is 4. The molecule has 2 aromatic carbocycles. The number of Topliss-reactive ketones (excluding diaryl/α,β-unsaturated/α-hetero) is 1. The summed E-state index contributed by atoms with van der Waals surface area (Å²) in [6.07, 6.45) is 0. The lowest BCUT2D eigenvalue weighted by Gasteiger charge is -2.10. The number of nitro benzene ring substituents is 1. The molecule has 0 radical (unpaired) electrons. The van der Waals surface area contributed by atoms with Crippen LogP contribution in [0.3, 0.4) is 0 Å². The highest BCUT2D eigenvalue weighted by atomic mass is 19.1. The Morgan fingerprint density at radius 2 is 1.81 bits per heavy atom. The van der Waals surface area contributed by atoms with Gasteiger partial charge in [0.25, 0.3) is 5.69 Å². The zero-order valence-electron chi connectivity index (χ0n) is 10.8. The minimum Gasteiger partial charge on any atom is -0.454 e. The van der Waals surface area contributed by atoms with E-state index in [0.29, 0.717) is 6.07 Å². The van der Waals surface area contributed by atoms with Gasteiger partial charge in [0.2, 0.25) is 0 Å². The molecule has 0 saturated carbocycles. The van der Waals surface area contributed by atoms with Gasteiger partial charge in [-0.1, -0.05) is 0 Å². The first-order chi connectivity index (χ1) is 9.88. The Kier molecular flexibility index (Phi) is 3.93. The average Bonchev–Trinajstić information content (AvgIpc) is 2.42. The summed E-state index contributed by atoms with van der Waals surface area (Å²) >= 11 is 0. The Bertz CT molecular complexity index is 731. The summed E-state index contributed by atoms with van der Waals surface area (Å²) in [7, 11) is 0. The fourth-order valence-corrected chi connectivity index (χ4v) is 1.67. The molecule has 7 heteroatoms. The van der Waals surface area contributed by atoms with E-state index < -0.39 is 28.0 Å². The van der Waals surface area contributed by atoms with Crippen LogP contribution < -0.4 is 4.74 Å². The number of non-ortho nitro benzene ring substituents is 1. The van der Waals surface area contributed by atoms with Gasteiger partial charge in [0.1, 0.15) is 11.6 Å². The predicted molar refractivity (Wildman–Crippen MR) is 69.5 cm³/mol. The van der Waals surface area contributed by atoms with Crippen molar-refractivity contribution < 1.29 is 23.2 Å². The number of carbonyl (C=O) groups is 1. The molecule has 0 aliphatic heterocycles. The molecule has 0 aliphatic carbocycles. The van der Waals surface area contributed by atoms with Gasteiger partial charge in [-0.3, -0.25) is 14.9 Å². The molecule has 0 fully saturated rings. The number of ketones is 1. The molecule has 0 unspecified atom stereocenters. The van der Waals surface area contributed by atoms with E-state index in [0.717, 1.165) is 24.3 Å². The predicted octanol–water partition coefficient (Wildman–Crippen LogP) is 3.87. The first-order valence-electron chi connectivity index (χ1n) is 5.81. The van der Waals surface area contributed by atoms with Gasteiger partial charge in [-0.2, -0.15) is 0 Å². The zero-order chi connectivity index (χ0) is 15.6. The van der Waals surface area contributed by atoms with Crippen LogP contribution in [-0.4, -0.2) is 10.7 Å². The molecule has 0 heterocycles. The van der Waals surface area contributed by atoms with Crippen LogP contribution in [0.25, 0.3) is 0 Å². The van der Waals surface area contributed by atoms with Crippen molar-refractivity contribution >= 4 is 11.5 Å². The summed E-state index contributed by atoms with van der Waals surface area (Å²) in [5.74, 6) is -2.36. The maximum absolute atomic E-state index is 13.7. The van der Waals surface area contributed by atoms with Crippen LogP contribution in [0.15, 0.2) is 36.4 Å². The van der Waals surface area contributed by atoms with Crippen LogP contribution in [0.5, 0.6) is 11.5 Å². The lowest BCUT2D eigenvalue weighted by molar-refractivity contribution is -0.385. The Morgan fingerprint density at radius 1 is 1.14 bits per heavy atom. The van der Waals surface area contributed by atoms with Gasteiger partial charge in [-0.25, -0.2) is 8.78 Å². The van der Waals surface area contributed by atoms with Crippen LogP contribution in [-0.2, 0) is 0 Å². The molecule has 0 saturated heterocycles. The van der Waals surface area contributed by atoms with Crippen molar-refractivity contribution in [3.05, 3.63) is 63.7 Å². The van der Waals surface area contributed by atoms with Crippen molar-refractivity contribution in [3.63, 3.8) is 0 Å². The third-order valence-corrected chi connectivity index (χ3v) is 2.67. The number of benzene rings is 2.